The molecule has 2 aliphatic carbocycles. The van der Waals surface area contributed by atoms with E-state index in [1.165, 1.54) is 19.1 Å². The molecule has 59 heavy (non-hydrogen) atoms. The molecule has 2 aromatic rings. The molecule has 1 unspecified atom stereocenters. The second kappa shape index (κ2) is 18.5. The van der Waals surface area contributed by atoms with Crippen molar-refractivity contribution in [2.45, 2.75) is 157 Å². The third-order valence-electron chi connectivity index (χ3n) is 10.8. The minimum Gasteiger partial charge on any atom is -0.488 e. The van der Waals surface area contributed by atoms with Gasteiger partial charge in [0.25, 0.3) is 0 Å². The van der Waals surface area contributed by atoms with E-state index in [0.717, 1.165) is 24.3 Å². The molecule has 9 nitrogen and oxygen atoms in total. The first-order valence-electron chi connectivity index (χ1n) is 19.9. The summed E-state index contributed by atoms with van der Waals surface area (Å²) in [6.07, 6.45) is -6.82. The molecule has 330 valence electrons. The van der Waals surface area contributed by atoms with E-state index in [4.69, 9.17) is 14.2 Å². The van der Waals surface area contributed by atoms with Crippen molar-refractivity contribution in [2.24, 2.45) is 22.7 Å². The molecule has 2 amide bonds. The lowest BCUT2D eigenvalue weighted by Gasteiger charge is -2.32. The highest BCUT2D eigenvalue weighted by Crippen LogP contribution is 2.46. The van der Waals surface area contributed by atoms with Gasteiger partial charge in [0.1, 0.15) is 34.6 Å². The molecule has 0 radical (unpaired) electrons. The number of ether oxygens (including phenoxy) is 3. The second-order valence-electron chi connectivity index (χ2n) is 18.2. The highest BCUT2D eigenvalue weighted by Gasteiger charge is 2.49. The number of halogens is 6. The van der Waals surface area contributed by atoms with Crippen LogP contribution in [0.2, 0.25) is 0 Å². The van der Waals surface area contributed by atoms with Gasteiger partial charge >= 0.3 is 18.3 Å². The third kappa shape index (κ3) is 13.3. The van der Waals surface area contributed by atoms with Crippen LogP contribution < -0.4 is 20.1 Å². The van der Waals surface area contributed by atoms with Crippen LogP contribution in [0.3, 0.4) is 0 Å². The number of ketones is 1. The Labute approximate surface area is 343 Å². The second-order valence-corrected chi connectivity index (χ2v) is 18.2. The van der Waals surface area contributed by atoms with Crippen LogP contribution in [-0.4, -0.2) is 40.9 Å². The summed E-state index contributed by atoms with van der Waals surface area (Å²) in [6, 6.07) is 6.54. The molecule has 0 heterocycles. The summed E-state index contributed by atoms with van der Waals surface area (Å²) in [4.78, 5) is 49.1. The highest BCUT2D eigenvalue weighted by molar-refractivity contribution is 5.93. The van der Waals surface area contributed by atoms with Crippen molar-refractivity contribution in [3.05, 3.63) is 58.7 Å². The summed E-state index contributed by atoms with van der Waals surface area (Å²) in [5.74, 6) is -0.391. The van der Waals surface area contributed by atoms with Crippen molar-refractivity contribution in [3.8, 4) is 11.5 Å². The van der Waals surface area contributed by atoms with Gasteiger partial charge in [-0.25, -0.2) is 0 Å². The molecule has 0 aromatic heterocycles. The minimum atomic E-state index is -4.50. The van der Waals surface area contributed by atoms with E-state index in [9.17, 15) is 45.5 Å². The lowest BCUT2D eigenvalue weighted by atomic mass is 9.74. The first kappa shape index (κ1) is 49.1. The SMILES string of the molecule is CC(=O)OC1CC[C@@](C(=O)NCc2cc(C(F)(F)F)ccc2OC(C)(C)C)(C(C)C)C1.CC(C)[C@]1(C(=O)NCc2cc(C(F)(F)F)ccc2OC(C)(C)C)CCC(=O)C1. The van der Waals surface area contributed by atoms with E-state index in [-0.39, 0.29) is 66.2 Å². The van der Waals surface area contributed by atoms with Gasteiger partial charge in [-0.1, -0.05) is 27.7 Å². The summed E-state index contributed by atoms with van der Waals surface area (Å²) >= 11 is 0. The highest BCUT2D eigenvalue weighted by atomic mass is 19.4. The van der Waals surface area contributed by atoms with E-state index in [2.05, 4.69) is 10.6 Å². The zero-order chi connectivity index (χ0) is 44.9. The van der Waals surface area contributed by atoms with E-state index >= 15 is 0 Å². The van der Waals surface area contributed by atoms with E-state index < -0.39 is 51.5 Å². The van der Waals surface area contributed by atoms with Gasteiger partial charge < -0.3 is 24.8 Å². The molecule has 0 saturated heterocycles. The zero-order valence-corrected chi connectivity index (χ0v) is 36.0. The number of carbonyl (C=O) groups excluding carboxylic acids is 4. The summed E-state index contributed by atoms with van der Waals surface area (Å²) in [7, 11) is 0. The molecule has 2 aromatic carbocycles. The summed E-state index contributed by atoms with van der Waals surface area (Å²) in [5.41, 5.74) is -3.85. The topological polar surface area (TPSA) is 120 Å². The lowest BCUT2D eigenvalue weighted by Crippen LogP contribution is -2.43. The van der Waals surface area contributed by atoms with Crippen LogP contribution in [0.1, 0.15) is 137 Å². The van der Waals surface area contributed by atoms with Crippen molar-refractivity contribution in [3.63, 3.8) is 0 Å². The van der Waals surface area contributed by atoms with Crippen LogP contribution >= 0.6 is 0 Å². The smallest absolute Gasteiger partial charge is 0.416 e. The number of nitrogens with one attached hydrogen (secondary N) is 2. The molecule has 0 aliphatic heterocycles. The average molecular weight is 843 g/mol. The van der Waals surface area contributed by atoms with E-state index in [0.29, 0.717) is 43.6 Å². The number of esters is 1. The minimum absolute atomic E-state index is 0.0279. The maximum atomic E-state index is 13.2. The third-order valence-corrected chi connectivity index (χ3v) is 10.8. The van der Waals surface area contributed by atoms with Gasteiger partial charge in [-0.2, -0.15) is 26.3 Å². The Bertz CT molecular complexity index is 1830. The summed E-state index contributed by atoms with van der Waals surface area (Å²) < 4.78 is 95.9. The summed E-state index contributed by atoms with van der Waals surface area (Å²) in [6.45, 7) is 19.5. The molecular weight excluding hydrogens is 782 g/mol. The fourth-order valence-corrected chi connectivity index (χ4v) is 7.55. The maximum absolute atomic E-state index is 13.2. The molecule has 4 rings (SSSR count). The molecule has 0 spiro atoms. The van der Waals surface area contributed by atoms with Crippen LogP contribution in [0.25, 0.3) is 0 Å². The van der Waals surface area contributed by atoms with E-state index in [1.807, 2.05) is 27.7 Å². The number of amides is 2. The van der Waals surface area contributed by atoms with Gasteiger partial charge in [-0.15, -0.1) is 0 Å². The van der Waals surface area contributed by atoms with E-state index in [1.54, 1.807) is 41.5 Å². The van der Waals surface area contributed by atoms with Crippen molar-refractivity contribution in [1.29, 1.82) is 0 Å². The fraction of sp³-hybridized carbons (Fsp3) is 0.636. The quantitative estimate of drug-likeness (QED) is 0.171. The largest absolute Gasteiger partial charge is 0.488 e. The van der Waals surface area contributed by atoms with Gasteiger partial charge in [0.05, 0.1) is 22.0 Å². The number of rotatable bonds is 11. The maximum Gasteiger partial charge on any atom is 0.416 e. The Hall–Kier alpha value is -4.30. The molecule has 0 bridgehead atoms. The van der Waals surface area contributed by atoms with Crippen LogP contribution in [0.4, 0.5) is 26.3 Å². The number of Topliss-reactive ketones (excluding diaryl/α,β-unsaturated/α-hetero) is 1. The van der Waals surface area contributed by atoms with Crippen molar-refractivity contribution in [1.82, 2.24) is 10.6 Å². The van der Waals surface area contributed by atoms with Crippen LogP contribution in [-0.2, 0) is 49.4 Å². The number of hydrogen-bond acceptors (Lipinski definition) is 7. The Morgan fingerprint density at radius 3 is 1.47 bits per heavy atom. The Balaban J connectivity index is 0.000000317. The van der Waals surface area contributed by atoms with Crippen LogP contribution in [0.15, 0.2) is 36.4 Å². The van der Waals surface area contributed by atoms with Crippen LogP contribution in [0, 0.1) is 22.7 Å². The molecule has 2 saturated carbocycles. The van der Waals surface area contributed by atoms with Crippen molar-refractivity contribution >= 4 is 23.6 Å². The first-order chi connectivity index (χ1) is 26.9. The van der Waals surface area contributed by atoms with Crippen LogP contribution in [0.5, 0.6) is 11.5 Å². The van der Waals surface area contributed by atoms with Gasteiger partial charge in [0.2, 0.25) is 11.8 Å². The molecule has 2 N–H and O–H groups in total. The Morgan fingerprint density at radius 2 is 1.14 bits per heavy atom. The standard InChI is InChI=1S/C23H32F3NO4.C21H28F3NO3/c1-14(2)22(10-9-18(12-22)30-15(3)28)20(29)27-13-16-11-17(23(24,25)26)7-8-19(16)31-21(4,5)6;1-13(2)20(9-8-16(26)11-20)18(27)25-12-14-10-15(21(22,23)24)6-7-17(14)28-19(3,4)5/h7-8,11,14,18H,9-10,12-13H2,1-6H3,(H,27,29);6-7,10,13H,8-9,11-12H2,1-5H3,(H,25,27)/t18?,22-;20-/m00/s1. The first-order valence-corrected chi connectivity index (χ1v) is 19.9. The average Bonchev–Trinajstić information content (AvgIpc) is 3.70. The Kier molecular flexibility index (Phi) is 15.4. The molecular formula is C44H60F6N2O7. The number of hydrogen-bond donors (Lipinski definition) is 2. The normalized spacial score (nSPS) is 21.2. The molecule has 3 atom stereocenters. The number of alkyl halides is 6. The van der Waals surface area contributed by atoms with Gasteiger partial charge in [-0.05, 0) is 115 Å². The number of carbonyl (C=O) groups is 4. The molecule has 2 fully saturated rings. The van der Waals surface area contributed by atoms with Gasteiger partial charge in [0.15, 0.2) is 0 Å². The predicted octanol–water partition coefficient (Wildman–Crippen LogP) is 10.2. The van der Waals surface area contributed by atoms with Crippen molar-refractivity contribution < 1.29 is 59.7 Å². The van der Waals surface area contributed by atoms with Crippen molar-refractivity contribution in [2.75, 3.05) is 0 Å². The van der Waals surface area contributed by atoms with Gasteiger partial charge in [0, 0.05) is 44.0 Å². The molecule has 15 heteroatoms. The Morgan fingerprint density at radius 1 is 0.712 bits per heavy atom. The predicted molar refractivity (Wildman–Crippen MR) is 210 cm³/mol. The zero-order valence-electron chi connectivity index (χ0n) is 36.0. The lowest BCUT2D eigenvalue weighted by molar-refractivity contribution is -0.148. The fourth-order valence-electron chi connectivity index (χ4n) is 7.55. The van der Waals surface area contributed by atoms with Gasteiger partial charge in [-0.3, -0.25) is 19.2 Å². The monoisotopic (exact) mass is 842 g/mol. The molecule has 2 aliphatic rings. The number of benzene rings is 2. The summed E-state index contributed by atoms with van der Waals surface area (Å²) in [5, 5.41) is 5.56.